The van der Waals surface area contributed by atoms with Gasteiger partial charge in [-0.3, -0.25) is 0 Å². The monoisotopic (exact) mass is 244 g/mol. The predicted octanol–water partition coefficient (Wildman–Crippen LogP) is 1.00. The zero-order valence-electron chi connectivity index (χ0n) is 9.44. The smallest absolute Gasteiger partial charge is 0.360 e. The average Bonchev–Trinajstić information content (AvgIpc) is 2.35. The summed E-state index contributed by atoms with van der Waals surface area (Å²) >= 11 is 1.29. The quantitative estimate of drug-likeness (QED) is 0.444. The van der Waals surface area contributed by atoms with Gasteiger partial charge in [0.25, 0.3) is 5.88 Å². The van der Waals surface area contributed by atoms with Gasteiger partial charge >= 0.3 is 5.97 Å². The van der Waals surface area contributed by atoms with E-state index in [1.54, 1.807) is 6.26 Å². The van der Waals surface area contributed by atoms with E-state index in [4.69, 9.17) is 9.47 Å². The number of carbonyl (C=O) groups is 1. The molecule has 0 aliphatic carbocycles. The van der Waals surface area contributed by atoms with Crippen molar-refractivity contribution in [3.8, 4) is 11.6 Å². The second-order valence-corrected chi connectivity index (χ2v) is 3.37. The number of hydrogen-bond donors (Lipinski definition) is 0. The highest BCUT2D eigenvalue weighted by atomic mass is 32.2. The first kappa shape index (κ1) is 12.6. The minimum atomic E-state index is -0.590. The van der Waals surface area contributed by atoms with Crippen LogP contribution in [0.5, 0.6) is 11.6 Å². The van der Waals surface area contributed by atoms with E-state index in [2.05, 4.69) is 14.7 Å². The number of hydrogen-bond acceptors (Lipinski definition) is 7. The van der Waals surface area contributed by atoms with Gasteiger partial charge in [0.15, 0.2) is 10.9 Å². The first-order chi connectivity index (χ1) is 7.67. The van der Waals surface area contributed by atoms with Crippen molar-refractivity contribution in [2.45, 2.75) is 5.16 Å². The van der Waals surface area contributed by atoms with Crippen molar-refractivity contribution in [1.29, 1.82) is 0 Å². The predicted molar refractivity (Wildman–Crippen MR) is 58.3 cm³/mol. The molecule has 0 aliphatic rings. The van der Waals surface area contributed by atoms with Crippen molar-refractivity contribution in [2.75, 3.05) is 27.6 Å². The SMILES string of the molecule is COC(=O)c1nc(SC)nc(OC)c1OC. The summed E-state index contributed by atoms with van der Waals surface area (Å²) in [6.45, 7) is 0. The maximum absolute atomic E-state index is 11.5. The summed E-state index contributed by atoms with van der Waals surface area (Å²) in [6.07, 6.45) is 1.79. The van der Waals surface area contributed by atoms with Gasteiger partial charge in [-0.25, -0.2) is 9.78 Å². The number of rotatable bonds is 4. The number of aromatic nitrogens is 2. The molecule has 6 nitrogen and oxygen atoms in total. The Morgan fingerprint density at radius 1 is 1.19 bits per heavy atom. The molecule has 0 aromatic carbocycles. The fourth-order valence-corrected chi connectivity index (χ4v) is 1.42. The first-order valence-electron chi connectivity index (χ1n) is 4.30. The molecule has 0 saturated carbocycles. The topological polar surface area (TPSA) is 70.5 Å². The third kappa shape index (κ3) is 2.35. The standard InChI is InChI=1S/C9H12N2O4S/c1-13-6-5(8(12)15-3)10-9(16-4)11-7(6)14-2/h1-4H3. The summed E-state index contributed by atoms with van der Waals surface area (Å²) < 4.78 is 14.7. The van der Waals surface area contributed by atoms with Crippen LogP contribution in [0.25, 0.3) is 0 Å². The largest absolute Gasteiger partial charge is 0.489 e. The lowest BCUT2D eigenvalue weighted by atomic mass is 10.3. The first-order valence-corrected chi connectivity index (χ1v) is 5.52. The third-order valence-electron chi connectivity index (χ3n) is 1.77. The number of carbonyl (C=O) groups excluding carboxylic acids is 1. The molecule has 0 N–H and O–H groups in total. The average molecular weight is 244 g/mol. The van der Waals surface area contributed by atoms with Crippen LogP contribution >= 0.6 is 11.8 Å². The molecule has 0 radical (unpaired) electrons. The molecule has 0 bridgehead atoms. The van der Waals surface area contributed by atoms with Crippen LogP contribution in [0.1, 0.15) is 10.5 Å². The molecule has 1 rings (SSSR count). The highest BCUT2D eigenvalue weighted by Gasteiger charge is 2.22. The number of thioether (sulfide) groups is 1. The zero-order valence-corrected chi connectivity index (χ0v) is 10.3. The number of nitrogens with zero attached hydrogens (tertiary/aromatic N) is 2. The molecule has 7 heteroatoms. The minimum Gasteiger partial charge on any atom is -0.489 e. The molecule has 88 valence electrons. The highest BCUT2D eigenvalue weighted by Crippen LogP contribution is 2.30. The third-order valence-corrected chi connectivity index (χ3v) is 2.32. The van der Waals surface area contributed by atoms with E-state index >= 15 is 0 Å². The van der Waals surface area contributed by atoms with Gasteiger partial charge < -0.3 is 14.2 Å². The summed E-state index contributed by atoms with van der Waals surface area (Å²) in [7, 11) is 4.12. The van der Waals surface area contributed by atoms with Crippen LogP contribution in [0.15, 0.2) is 5.16 Å². The van der Waals surface area contributed by atoms with Crippen LogP contribution in [-0.2, 0) is 4.74 Å². The highest BCUT2D eigenvalue weighted by molar-refractivity contribution is 7.98. The Morgan fingerprint density at radius 3 is 2.31 bits per heavy atom. The van der Waals surface area contributed by atoms with Crippen molar-refractivity contribution >= 4 is 17.7 Å². The fraction of sp³-hybridized carbons (Fsp3) is 0.444. The summed E-state index contributed by atoms with van der Waals surface area (Å²) in [4.78, 5) is 19.5. The van der Waals surface area contributed by atoms with Crippen LogP contribution in [0.3, 0.4) is 0 Å². The van der Waals surface area contributed by atoms with E-state index in [0.29, 0.717) is 5.16 Å². The van der Waals surface area contributed by atoms with Gasteiger partial charge in [0.2, 0.25) is 5.75 Å². The van der Waals surface area contributed by atoms with Crippen molar-refractivity contribution in [3.63, 3.8) is 0 Å². The molecule has 0 atom stereocenters. The van der Waals surface area contributed by atoms with Crippen LogP contribution in [0.2, 0.25) is 0 Å². The Bertz CT molecular complexity index is 397. The second kappa shape index (κ2) is 5.55. The van der Waals surface area contributed by atoms with Crippen LogP contribution in [0, 0.1) is 0 Å². The van der Waals surface area contributed by atoms with E-state index < -0.39 is 5.97 Å². The van der Waals surface area contributed by atoms with Crippen molar-refractivity contribution in [2.24, 2.45) is 0 Å². The summed E-state index contributed by atoms with van der Waals surface area (Å²) in [5.74, 6) is -0.206. The Hall–Kier alpha value is -1.50. The van der Waals surface area contributed by atoms with Gasteiger partial charge in [-0.05, 0) is 6.26 Å². The van der Waals surface area contributed by atoms with Gasteiger partial charge in [0.1, 0.15) is 0 Å². The molecule has 0 spiro atoms. The van der Waals surface area contributed by atoms with E-state index in [0.717, 1.165) is 0 Å². The molecule has 0 fully saturated rings. The molecular weight excluding hydrogens is 232 g/mol. The molecule has 0 unspecified atom stereocenters. The minimum absolute atomic E-state index is 0.0567. The molecule has 1 heterocycles. The number of methoxy groups -OCH3 is 3. The lowest BCUT2D eigenvalue weighted by Gasteiger charge is -2.10. The van der Waals surface area contributed by atoms with Crippen molar-refractivity contribution in [3.05, 3.63) is 5.69 Å². The van der Waals surface area contributed by atoms with E-state index in [1.165, 1.54) is 33.1 Å². The van der Waals surface area contributed by atoms with Crippen LogP contribution < -0.4 is 9.47 Å². The Morgan fingerprint density at radius 2 is 1.88 bits per heavy atom. The molecule has 1 aromatic heterocycles. The van der Waals surface area contributed by atoms with Gasteiger partial charge in [0.05, 0.1) is 21.3 Å². The maximum atomic E-state index is 11.5. The van der Waals surface area contributed by atoms with E-state index in [-0.39, 0.29) is 17.3 Å². The Kier molecular flexibility index (Phi) is 4.36. The van der Waals surface area contributed by atoms with Crippen LogP contribution in [-0.4, -0.2) is 43.5 Å². The fourth-order valence-electron chi connectivity index (χ4n) is 1.06. The number of ether oxygens (including phenoxy) is 3. The number of esters is 1. The summed E-state index contributed by atoms with van der Waals surface area (Å²) in [5.41, 5.74) is 0.0567. The van der Waals surface area contributed by atoms with Gasteiger partial charge in [-0.1, -0.05) is 11.8 Å². The second-order valence-electron chi connectivity index (χ2n) is 2.59. The van der Waals surface area contributed by atoms with Gasteiger partial charge in [0, 0.05) is 0 Å². The molecule has 0 amide bonds. The molecular formula is C9H12N2O4S. The van der Waals surface area contributed by atoms with Crippen molar-refractivity contribution in [1.82, 2.24) is 9.97 Å². The zero-order chi connectivity index (χ0) is 12.1. The Balaban J connectivity index is 3.36. The maximum Gasteiger partial charge on any atom is 0.360 e. The van der Waals surface area contributed by atoms with Gasteiger partial charge in [-0.15, -0.1) is 0 Å². The molecule has 16 heavy (non-hydrogen) atoms. The molecule has 1 aromatic rings. The lowest BCUT2D eigenvalue weighted by molar-refractivity contribution is 0.0587. The van der Waals surface area contributed by atoms with E-state index in [1.807, 2.05) is 0 Å². The Labute approximate surface area is 97.3 Å². The molecule has 0 saturated heterocycles. The normalized spacial score (nSPS) is 9.75. The van der Waals surface area contributed by atoms with Gasteiger partial charge in [-0.2, -0.15) is 4.98 Å². The lowest BCUT2D eigenvalue weighted by Crippen LogP contribution is -2.10. The summed E-state index contributed by atoms with van der Waals surface area (Å²) in [5, 5.41) is 0.415. The molecule has 0 aliphatic heterocycles. The summed E-state index contributed by atoms with van der Waals surface area (Å²) in [6, 6.07) is 0. The van der Waals surface area contributed by atoms with Crippen molar-refractivity contribution < 1.29 is 19.0 Å². The van der Waals surface area contributed by atoms with E-state index in [9.17, 15) is 4.79 Å². The van der Waals surface area contributed by atoms with Crippen LogP contribution in [0.4, 0.5) is 0 Å².